The van der Waals surface area contributed by atoms with Crippen LogP contribution in [0.1, 0.15) is 17.2 Å². The highest BCUT2D eigenvalue weighted by atomic mass is 35.5. The number of aromatic nitrogens is 1. The summed E-state index contributed by atoms with van der Waals surface area (Å²) in [5.41, 5.74) is 2.51. The first-order valence-electron chi connectivity index (χ1n) is 10.2. The van der Waals surface area contributed by atoms with Gasteiger partial charge < -0.3 is 10.2 Å². The summed E-state index contributed by atoms with van der Waals surface area (Å²) >= 11 is 6.09. The maximum absolute atomic E-state index is 6.09. The predicted molar refractivity (Wildman–Crippen MR) is 121 cm³/mol. The van der Waals surface area contributed by atoms with Crippen LogP contribution in [0.15, 0.2) is 79.0 Å². The van der Waals surface area contributed by atoms with Gasteiger partial charge in [-0.2, -0.15) is 0 Å². The van der Waals surface area contributed by atoms with Crippen LogP contribution in [0.25, 0.3) is 0 Å². The highest BCUT2D eigenvalue weighted by molar-refractivity contribution is 6.30. The van der Waals surface area contributed by atoms with Gasteiger partial charge in [-0.1, -0.05) is 60.1 Å². The Hall–Kier alpha value is -2.40. The van der Waals surface area contributed by atoms with Gasteiger partial charge in [0.2, 0.25) is 0 Å². The third-order valence-corrected chi connectivity index (χ3v) is 5.71. The molecule has 0 bridgehead atoms. The molecule has 1 saturated heterocycles. The lowest BCUT2D eigenvalue weighted by Gasteiger charge is -2.35. The molecule has 3 aromatic rings. The summed E-state index contributed by atoms with van der Waals surface area (Å²) in [7, 11) is 0. The molecule has 2 heterocycles. The van der Waals surface area contributed by atoms with Gasteiger partial charge in [0.25, 0.3) is 0 Å². The number of benzene rings is 2. The van der Waals surface area contributed by atoms with Crippen LogP contribution in [0, 0.1) is 0 Å². The second-order valence-electron chi connectivity index (χ2n) is 7.37. The smallest absolute Gasteiger partial charge is 0.128 e. The van der Waals surface area contributed by atoms with Crippen molar-refractivity contribution in [1.29, 1.82) is 0 Å². The molecule has 0 amide bonds. The Morgan fingerprint density at radius 3 is 2.21 bits per heavy atom. The highest BCUT2D eigenvalue weighted by Crippen LogP contribution is 2.23. The van der Waals surface area contributed by atoms with E-state index >= 15 is 0 Å². The summed E-state index contributed by atoms with van der Waals surface area (Å²) in [5.74, 6) is 1.08. The van der Waals surface area contributed by atoms with E-state index in [0.29, 0.717) is 0 Å². The van der Waals surface area contributed by atoms with Crippen LogP contribution >= 0.6 is 11.6 Å². The van der Waals surface area contributed by atoms with E-state index in [9.17, 15) is 0 Å². The third kappa shape index (κ3) is 5.36. The van der Waals surface area contributed by atoms with Crippen molar-refractivity contribution >= 4 is 17.4 Å². The maximum atomic E-state index is 6.09. The Labute approximate surface area is 178 Å². The molecule has 1 fully saturated rings. The van der Waals surface area contributed by atoms with Crippen LogP contribution in [0.4, 0.5) is 5.82 Å². The van der Waals surface area contributed by atoms with Gasteiger partial charge in [0.05, 0.1) is 6.04 Å². The minimum Gasteiger partial charge on any atom is -0.354 e. The van der Waals surface area contributed by atoms with Crippen molar-refractivity contribution in [3.05, 3.63) is 95.1 Å². The average Bonchev–Trinajstić information content (AvgIpc) is 2.79. The lowest BCUT2D eigenvalue weighted by atomic mass is 9.99. The molecule has 0 radical (unpaired) electrons. The molecule has 29 heavy (non-hydrogen) atoms. The number of halogens is 1. The number of hydrogen-bond donors (Lipinski definition) is 1. The zero-order valence-electron chi connectivity index (χ0n) is 16.5. The third-order valence-electron chi connectivity index (χ3n) is 5.46. The molecule has 4 rings (SSSR count). The molecule has 150 valence electrons. The molecule has 1 aromatic heterocycles. The number of rotatable bonds is 7. The molecule has 5 heteroatoms. The Morgan fingerprint density at radius 1 is 0.828 bits per heavy atom. The van der Waals surface area contributed by atoms with Crippen molar-refractivity contribution < 1.29 is 0 Å². The fourth-order valence-corrected chi connectivity index (χ4v) is 3.96. The van der Waals surface area contributed by atoms with Crippen LogP contribution in [0.2, 0.25) is 5.02 Å². The summed E-state index contributed by atoms with van der Waals surface area (Å²) in [6.45, 7) is 6.15. The van der Waals surface area contributed by atoms with Crippen molar-refractivity contribution in [2.75, 3.05) is 44.2 Å². The molecule has 1 N–H and O–H groups in total. The minimum atomic E-state index is 0.170. The van der Waals surface area contributed by atoms with Gasteiger partial charge in [-0.25, -0.2) is 4.98 Å². The first kappa shape index (κ1) is 19.9. The fraction of sp³-hybridized carbons (Fsp3) is 0.292. The fourth-order valence-electron chi connectivity index (χ4n) is 3.84. The van der Waals surface area contributed by atoms with Crippen molar-refractivity contribution in [1.82, 2.24) is 15.2 Å². The van der Waals surface area contributed by atoms with E-state index in [0.717, 1.165) is 50.1 Å². The van der Waals surface area contributed by atoms with Gasteiger partial charge in [-0.3, -0.25) is 4.90 Å². The number of pyridine rings is 1. The second-order valence-corrected chi connectivity index (χ2v) is 7.80. The lowest BCUT2D eigenvalue weighted by Crippen LogP contribution is -2.48. The van der Waals surface area contributed by atoms with Gasteiger partial charge >= 0.3 is 0 Å². The van der Waals surface area contributed by atoms with Crippen molar-refractivity contribution in [3.8, 4) is 0 Å². The zero-order chi connectivity index (χ0) is 19.9. The van der Waals surface area contributed by atoms with E-state index < -0.39 is 0 Å². The molecule has 0 saturated carbocycles. The van der Waals surface area contributed by atoms with Crippen LogP contribution in [0.5, 0.6) is 0 Å². The molecule has 2 aromatic carbocycles. The largest absolute Gasteiger partial charge is 0.354 e. The van der Waals surface area contributed by atoms with Crippen LogP contribution in [-0.4, -0.2) is 49.2 Å². The van der Waals surface area contributed by atoms with Crippen LogP contribution in [-0.2, 0) is 0 Å². The van der Waals surface area contributed by atoms with Gasteiger partial charge in [-0.15, -0.1) is 0 Å². The Bertz CT molecular complexity index is 862. The molecular weight excluding hydrogens is 380 g/mol. The van der Waals surface area contributed by atoms with Crippen molar-refractivity contribution in [2.24, 2.45) is 0 Å². The van der Waals surface area contributed by atoms with Crippen LogP contribution in [0.3, 0.4) is 0 Å². The molecule has 0 aliphatic carbocycles. The molecular formula is C24H27ClN4. The number of hydrogen-bond acceptors (Lipinski definition) is 4. The Balaban J connectivity index is 1.32. The average molecular weight is 407 g/mol. The SMILES string of the molecule is Clc1ccc(C(NCCN2CCN(c3ccccn3)CC2)c2ccccc2)cc1. The van der Waals surface area contributed by atoms with Gasteiger partial charge in [0.1, 0.15) is 5.82 Å². The quantitative estimate of drug-likeness (QED) is 0.636. The van der Waals surface area contributed by atoms with Crippen molar-refractivity contribution in [2.45, 2.75) is 6.04 Å². The van der Waals surface area contributed by atoms with Gasteiger partial charge in [-0.05, 0) is 35.4 Å². The summed E-state index contributed by atoms with van der Waals surface area (Å²) in [5, 5.41) is 4.52. The standard InChI is InChI=1S/C24H27ClN4/c25-22-11-9-21(10-12-22)24(20-6-2-1-3-7-20)27-14-15-28-16-18-29(19-17-28)23-8-4-5-13-26-23/h1-13,24,27H,14-19H2. The first-order chi connectivity index (χ1) is 14.3. The lowest BCUT2D eigenvalue weighted by molar-refractivity contribution is 0.255. The van der Waals surface area contributed by atoms with E-state index in [2.05, 4.69) is 74.7 Å². The zero-order valence-corrected chi connectivity index (χ0v) is 17.3. The van der Waals surface area contributed by atoms with Gasteiger partial charge in [0.15, 0.2) is 0 Å². The summed E-state index contributed by atoms with van der Waals surface area (Å²) in [6, 6.07) is 25.0. The minimum absolute atomic E-state index is 0.170. The van der Waals surface area contributed by atoms with E-state index in [4.69, 9.17) is 11.6 Å². The molecule has 4 nitrogen and oxygen atoms in total. The first-order valence-corrected chi connectivity index (χ1v) is 10.6. The second kappa shape index (κ2) is 9.88. The van der Waals surface area contributed by atoms with E-state index in [1.165, 1.54) is 11.1 Å². The number of anilines is 1. The molecule has 1 aliphatic heterocycles. The molecule has 0 spiro atoms. The molecule has 1 aliphatic rings. The van der Waals surface area contributed by atoms with E-state index in [-0.39, 0.29) is 6.04 Å². The van der Waals surface area contributed by atoms with Crippen molar-refractivity contribution in [3.63, 3.8) is 0 Å². The number of nitrogens with one attached hydrogen (secondary N) is 1. The van der Waals surface area contributed by atoms with Crippen LogP contribution < -0.4 is 10.2 Å². The predicted octanol–water partition coefficient (Wildman–Crippen LogP) is 4.24. The Kier molecular flexibility index (Phi) is 6.78. The topological polar surface area (TPSA) is 31.4 Å². The summed E-state index contributed by atoms with van der Waals surface area (Å²) in [6.07, 6.45) is 1.87. The normalized spacial score (nSPS) is 16.0. The molecule has 1 atom stereocenters. The maximum Gasteiger partial charge on any atom is 0.128 e. The molecule has 1 unspecified atom stereocenters. The number of piperazine rings is 1. The monoisotopic (exact) mass is 406 g/mol. The van der Waals surface area contributed by atoms with E-state index in [1.54, 1.807) is 0 Å². The van der Waals surface area contributed by atoms with E-state index in [1.807, 2.05) is 24.4 Å². The number of nitrogens with zero attached hydrogens (tertiary/aromatic N) is 3. The summed E-state index contributed by atoms with van der Waals surface area (Å²) < 4.78 is 0. The highest BCUT2D eigenvalue weighted by Gasteiger charge is 2.18. The Morgan fingerprint density at radius 2 is 1.52 bits per heavy atom. The summed E-state index contributed by atoms with van der Waals surface area (Å²) in [4.78, 5) is 9.36. The van der Waals surface area contributed by atoms with Gasteiger partial charge in [0, 0.05) is 50.5 Å².